The van der Waals surface area contributed by atoms with Gasteiger partial charge in [-0.3, -0.25) is 14.4 Å². The zero-order valence-electron chi connectivity index (χ0n) is 15.1. The van der Waals surface area contributed by atoms with Gasteiger partial charge in [-0.15, -0.1) is 9.78 Å². The molecular weight excluding hydrogens is 374 g/mol. The SMILES string of the molecule is CCC(=O)N1c2cc(Cl)ccc2-n2c(nn(C(=O)CC)c2=O)N1C(=O)CC. The number of fused-ring (bicyclic) bond motifs is 3. The molecule has 1 aromatic heterocycles. The number of hydrogen-bond acceptors (Lipinski definition) is 5. The molecule has 0 spiro atoms. The first-order chi connectivity index (χ1) is 12.8. The number of amides is 2. The van der Waals surface area contributed by atoms with Crippen molar-refractivity contribution in [2.75, 3.05) is 10.0 Å². The molecule has 0 N–H and O–H groups in total. The summed E-state index contributed by atoms with van der Waals surface area (Å²) in [5.41, 5.74) is -0.122. The van der Waals surface area contributed by atoms with Crippen LogP contribution < -0.4 is 15.7 Å². The summed E-state index contributed by atoms with van der Waals surface area (Å²) in [6.07, 6.45) is 0.230. The van der Waals surface area contributed by atoms with Gasteiger partial charge in [0.2, 0.25) is 11.8 Å². The maximum atomic E-state index is 12.8. The van der Waals surface area contributed by atoms with E-state index in [1.807, 2.05) is 0 Å². The van der Waals surface area contributed by atoms with E-state index < -0.39 is 17.5 Å². The molecule has 0 aliphatic carbocycles. The normalized spacial score (nSPS) is 12.6. The van der Waals surface area contributed by atoms with Crippen LogP contribution in [0.2, 0.25) is 5.02 Å². The number of rotatable bonds is 3. The van der Waals surface area contributed by atoms with Crippen LogP contribution in [0, 0.1) is 0 Å². The van der Waals surface area contributed by atoms with E-state index in [1.54, 1.807) is 32.9 Å². The van der Waals surface area contributed by atoms with Crippen molar-refractivity contribution in [2.45, 2.75) is 40.0 Å². The van der Waals surface area contributed by atoms with Gasteiger partial charge < -0.3 is 0 Å². The Bertz CT molecular complexity index is 1010. The zero-order chi connectivity index (χ0) is 19.9. The molecule has 0 fully saturated rings. The number of nitrogens with zero attached hydrogens (tertiary/aromatic N) is 5. The quantitative estimate of drug-likeness (QED) is 0.798. The van der Waals surface area contributed by atoms with Crippen LogP contribution in [0.3, 0.4) is 0 Å². The molecule has 0 bridgehead atoms. The third kappa shape index (κ3) is 2.84. The Labute approximate surface area is 159 Å². The average Bonchev–Trinajstić information content (AvgIpc) is 3.02. The maximum Gasteiger partial charge on any atom is 0.359 e. The van der Waals surface area contributed by atoms with Crippen LogP contribution in [-0.2, 0) is 9.59 Å². The number of benzene rings is 1. The molecule has 2 heterocycles. The summed E-state index contributed by atoms with van der Waals surface area (Å²) >= 11 is 6.09. The Morgan fingerprint density at radius 3 is 2.11 bits per heavy atom. The highest BCUT2D eigenvalue weighted by Crippen LogP contribution is 2.36. The fraction of sp³-hybridized carbons (Fsp3) is 0.353. The topological polar surface area (TPSA) is 97.5 Å². The van der Waals surface area contributed by atoms with Crippen molar-refractivity contribution >= 4 is 41.0 Å². The Morgan fingerprint density at radius 2 is 1.52 bits per heavy atom. The molecule has 10 heteroatoms. The van der Waals surface area contributed by atoms with Crippen LogP contribution in [0.15, 0.2) is 23.0 Å². The van der Waals surface area contributed by atoms with E-state index in [1.165, 1.54) is 6.07 Å². The second-order valence-corrected chi connectivity index (χ2v) is 6.26. The van der Waals surface area contributed by atoms with Crippen molar-refractivity contribution in [3.63, 3.8) is 0 Å². The van der Waals surface area contributed by atoms with E-state index in [2.05, 4.69) is 5.10 Å². The zero-order valence-corrected chi connectivity index (χ0v) is 15.9. The summed E-state index contributed by atoms with van der Waals surface area (Å²) in [6.45, 7) is 4.88. The standard InChI is InChI=1S/C17H18ClN5O4/c1-4-13(24)21-17(27)20-11-8-7-10(18)9-12(11)22(14(25)5-2)23(15(26)6-3)16(20)19-21/h7-9H,4-6H2,1-3H3. The third-order valence-corrected chi connectivity index (χ3v) is 4.41. The minimum atomic E-state index is -0.710. The van der Waals surface area contributed by atoms with Gasteiger partial charge in [0.1, 0.15) is 0 Å². The Balaban J connectivity index is 2.40. The first-order valence-corrected chi connectivity index (χ1v) is 8.94. The summed E-state index contributed by atoms with van der Waals surface area (Å²) in [5.74, 6) is -1.46. The monoisotopic (exact) mass is 391 g/mol. The first-order valence-electron chi connectivity index (χ1n) is 8.56. The van der Waals surface area contributed by atoms with Gasteiger partial charge in [-0.1, -0.05) is 32.4 Å². The van der Waals surface area contributed by atoms with Crippen LogP contribution in [0.25, 0.3) is 5.69 Å². The van der Waals surface area contributed by atoms with Gasteiger partial charge >= 0.3 is 5.69 Å². The van der Waals surface area contributed by atoms with Gasteiger partial charge in [0, 0.05) is 24.3 Å². The van der Waals surface area contributed by atoms with Gasteiger partial charge in [0.25, 0.3) is 11.9 Å². The van der Waals surface area contributed by atoms with Gasteiger partial charge in [0.15, 0.2) is 0 Å². The molecule has 3 rings (SSSR count). The van der Waals surface area contributed by atoms with E-state index >= 15 is 0 Å². The molecule has 9 nitrogen and oxygen atoms in total. The van der Waals surface area contributed by atoms with Crippen LogP contribution in [0.5, 0.6) is 0 Å². The number of aromatic nitrogens is 3. The molecule has 1 aliphatic heterocycles. The Hall–Kier alpha value is -2.94. The van der Waals surface area contributed by atoms with Crippen LogP contribution in [0.1, 0.15) is 44.8 Å². The smallest absolute Gasteiger partial charge is 0.273 e. The third-order valence-electron chi connectivity index (χ3n) is 4.17. The minimum absolute atomic E-state index is 0.0587. The lowest BCUT2D eigenvalue weighted by Crippen LogP contribution is -2.54. The predicted octanol–water partition coefficient (Wildman–Crippen LogP) is 2.15. The van der Waals surface area contributed by atoms with Crippen molar-refractivity contribution in [1.82, 2.24) is 14.3 Å². The maximum absolute atomic E-state index is 12.8. The number of carbonyl (C=O) groups excluding carboxylic acids is 3. The molecule has 142 valence electrons. The number of anilines is 2. The summed E-state index contributed by atoms with van der Waals surface area (Å²) in [6, 6.07) is 4.60. The van der Waals surface area contributed by atoms with E-state index in [0.717, 1.165) is 14.6 Å². The number of hydrazine groups is 1. The van der Waals surface area contributed by atoms with Crippen LogP contribution in [-0.4, -0.2) is 32.1 Å². The molecule has 0 saturated heterocycles. The number of halogens is 1. The molecule has 1 aromatic carbocycles. The lowest BCUT2D eigenvalue weighted by Gasteiger charge is -2.37. The number of carbonyl (C=O) groups is 3. The molecule has 1 aliphatic rings. The molecule has 2 amide bonds. The fourth-order valence-corrected chi connectivity index (χ4v) is 3.00. The Morgan fingerprint density at radius 1 is 0.926 bits per heavy atom. The van der Waals surface area contributed by atoms with Crippen molar-refractivity contribution in [3.8, 4) is 5.69 Å². The minimum Gasteiger partial charge on any atom is -0.273 e. The van der Waals surface area contributed by atoms with Crippen molar-refractivity contribution in [3.05, 3.63) is 33.7 Å². The summed E-state index contributed by atoms with van der Waals surface area (Å²) in [4.78, 5) is 50.3. The van der Waals surface area contributed by atoms with Gasteiger partial charge in [0.05, 0.1) is 11.4 Å². The van der Waals surface area contributed by atoms with Gasteiger partial charge in [-0.05, 0) is 18.2 Å². The van der Waals surface area contributed by atoms with E-state index in [0.29, 0.717) is 15.4 Å². The van der Waals surface area contributed by atoms with Crippen molar-refractivity contribution < 1.29 is 14.4 Å². The molecule has 0 unspecified atom stereocenters. The lowest BCUT2D eigenvalue weighted by molar-refractivity contribution is -0.123. The summed E-state index contributed by atoms with van der Waals surface area (Å²) in [5, 5.41) is 6.58. The van der Waals surface area contributed by atoms with Crippen molar-refractivity contribution in [2.24, 2.45) is 0 Å². The summed E-state index contributed by atoms with van der Waals surface area (Å²) in [7, 11) is 0. The Kier molecular flexibility index (Phi) is 4.88. The highest BCUT2D eigenvalue weighted by atomic mass is 35.5. The molecule has 27 heavy (non-hydrogen) atoms. The van der Waals surface area contributed by atoms with Crippen molar-refractivity contribution in [1.29, 1.82) is 0 Å². The summed E-state index contributed by atoms with van der Waals surface area (Å²) < 4.78 is 1.86. The van der Waals surface area contributed by atoms with E-state index in [-0.39, 0.29) is 36.8 Å². The lowest BCUT2D eigenvalue weighted by atomic mass is 10.2. The van der Waals surface area contributed by atoms with Gasteiger partial charge in [-0.25, -0.2) is 14.4 Å². The largest absolute Gasteiger partial charge is 0.359 e. The predicted molar refractivity (Wildman–Crippen MR) is 99.3 cm³/mol. The molecule has 0 saturated carbocycles. The van der Waals surface area contributed by atoms with E-state index in [9.17, 15) is 19.2 Å². The van der Waals surface area contributed by atoms with Gasteiger partial charge in [-0.2, -0.15) is 5.01 Å². The molecule has 0 radical (unpaired) electrons. The number of hydrogen-bond donors (Lipinski definition) is 0. The van der Waals surface area contributed by atoms with Crippen LogP contribution in [0.4, 0.5) is 11.6 Å². The average molecular weight is 392 g/mol. The first kappa shape index (κ1) is 18.8. The van der Waals surface area contributed by atoms with Crippen LogP contribution >= 0.6 is 11.6 Å². The second-order valence-electron chi connectivity index (χ2n) is 5.83. The molecule has 2 aromatic rings. The molecular formula is C17H18ClN5O4. The highest BCUT2D eigenvalue weighted by molar-refractivity contribution is 6.31. The highest BCUT2D eigenvalue weighted by Gasteiger charge is 2.39. The second kappa shape index (κ2) is 6.99. The molecule has 0 atom stereocenters. The van der Waals surface area contributed by atoms with E-state index in [4.69, 9.17) is 11.6 Å². The fourth-order valence-electron chi connectivity index (χ4n) is 2.84.